The Balaban J connectivity index is 1.80. The monoisotopic (exact) mass is 277 g/mol. The van der Waals surface area contributed by atoms with Crippen LogP contribution in [0.5, 0.6) is 0 Å². The zero-order valence-electron chi connectivity index (χ0n) is 10.9. The van der Waals surface area contributed by atoms with Gasteiger partial charge < -0.3 is 10.4 Å². The molecule has 2 rings (SSSR count). The summed E-state index contributed by atoms with van der Waals surface area (Å²) in [5, 5.41) is 11.7. The van der Waals surface area contributed by atoms with E-state index in [0.29, 0.717) is 13.0 Å². The Bertz CT molecular complexity index is 478. The average Bonchev–Trinajstić information content (AvgIpc) is 3.08. The number of amides is 1. The van der Waals surface area contributed by atoms with Gasteiger partial charge in [-0.1, -0.05) is 24.7 Å². The van der Waals surface area contributed by atoms with E-state index in [1.807, 2.05) is 12.1 Å². The zero-order valence-corrected chi connectivity index (χ0v) is 11.8. The third-order valence-corrected chi connectivity index (χ3v) is 4.27. The summed E-state index contributed by atoms with van der Waals surface area (Å²) in [6.07, 6.45) is 4.94. The largest absolute Gasteiger partial charge is 0.395 e. The normalized spacial score (nSPS) is 15.0. The van der Waals surface area contributed by atoms with Crippen LogP contribution in [0.4, 0.5) is 0 Å². The van der Waals surface area contributed by atoms with E-state index in [0.717, 1.165) is 22.6 Å². The maximum Gasteiger partial charge on any atom is 0.223 e. The molecule has 1 amide bonds. The molecule has 0 spiro atoms. The van der Waals surface area contributed by atoms with E-state index in [9.17, 15) is 4.79 Å². The van der Waals surface area contributed by atoms with Crippen molar-refractivity contribution in [3.63, 3.8) is 0 Å². The maximum absolute atomic E-state index is 11.9. The van der Waals surface area contributed by atoms with Crippen molar-refractivity contribution in [3.8, 4) is 11.8 Å². The molecule has 0 aliphatic heterocycles. The molecule has 19 heavy (non-hydrogen) atoms. The van der Waals surface area contributed by atoms with E-state index < -0.39 is 0 Å². The highest BCUT2D eigenvalue weighted by Gasteiger charge is 2.22. The van der Waals surface area contributed by atoms with Crippen molar-refractivity contribution in [1.82, 2.24) is 5.32 Å². The van der Waals surface area contributed by atoms with Crippen LogP contribution in [-0.4, -0.2) is 17.6 Å². The van der Waals surface area contributed by atoms with Crippen LogP contribution >= 0.6 is 11.3 Å². The van der Waals surface area contributed by atoms with Gasteiger partial charge in [0.05, 0.1) is 18.0 Å². The molecule has 3 nitrogen and oxygen atoms in total. The van der Waals surface area contributed by atoms with Crippen molar-refractivity contribution < 1.29 is 9.90 Å². The number of hydrogen-bond acceptors (Lipinski definition) is 3. The molecule has 4 heteroatoms. The molecular weight excluding hydrogens is 258 g/mol. The summed E-state index contributed by atoms with van der Waals surface area (Å²) in [6, 6.07) is 3.97. The third-order valence-electron chi connectivity index (χ3n) is 3.27. The molecule has 0 saturated heterocycles. The lowest BCUT2D eigenvalue weighted by molar-refractivity contribution is -0.124. The minimum Gasteiger partial charge on any atom is -0.395 e. The molecule has 1 aromatic heterocycles. The number of thiophene rings is 1. The smallest absolute Gasteiger partial charge is 0.223 e. The molecule has 1 aliphatic carbocycles. The maximum atomic E-state index is 11.9. The lowest BCUT2D eigenvalue weighted by atomic mass is 10.1. The van der Waals surface area contributed by atoms with Crippen LogP contribution in [-0.2, 0) is 11.3 Å². The number of hydrogen-bond donors (Lipinski definition) is 2. The molecule has 1 fully saturated rings. The van der Waals surface area contributed by atoms with E-state index in [2.05, 4.69) is 17.2 Å². The molecular formula is C15H19NO2S. The van der Waals surface area contributed by atoms with Crippen molar-refractivity contribution in [2.45, 2.75) is 38.6 Å². The van der Waals surface area contributed by atoms with E-state index in [1.54, 1.807) is 11.3 Å². The van der Waals surface area contributed by atoms with Crippen molar-refractivity contribution >= 4 is 17.2 Å². The van der Waals surface area contributed by atoms with Gasteiger partial charge >= 0.3 is 0 Å². The highest BCUT2D eigenvalue weighted by atomic mass is 32.1. The fourth-order valence-electron chi connectivity index (χ4n) is 2.25. The molecule has 0 bridgehead atoms. The summed E-state index contributed by atoms with van der Waals surface area (Å²) in [4.78, 5) is 14.0. The van der Waals surface area contributed by atoms with Gasteiger partial charge in [-0.2, -0.15) is 0 Å². The third kappa shape index (κ3) is 4.38. The first-order valence-corrected chi connectivity index (χ1v) is 7.57. The molecule has 1 heterocycles. The zero-order chi connectivity index (χ0) is 13.5. The van der Waals surface area contributed by atoms with Gasteiger partial charge in [0.15, 0.2) is 0 Å². The first-order chi connectivity index (χ1) is 9.29. The van der Waals surface area contributed by atoms with Crippen molar-refractivity contribution in [3.05, 3.63) is 21.9 Å². The first-order valence-electron chi connectivity index (χ1n) is 6.76. The van der Waals surface area contributed by atoms with E-state index in [-0.39, 0.29) is 18.4 Å². The van der Waals surface area contributed by atoms with Crippen LogP contribution in [0.1, 0.15) is 41.9 Å². The molecule has 1 aromatic rings. The van der Waals surface area contributed by atoms with Crippen molar-refractivity contribution in [1.29, 1.82) is 0 Å². The van der Waals surface area contributed by atoms with Gasteiger partial charge in [0.25, 0.3) is 0 Å². The van der Waals surface area contributed by atoms with Gasteiger partial charge in [0.1, 0.15) is 0 Å². The molecule has 0 atom stereocenters. The fourth-order valence-corrected chi connectivity index (χ4v) is 3.07. The summed E-state index contributed by atoms with van der Waals surface area (Å²) >= 11 is 1.60. The molecule has 102 valence electrons. The number of carbonyl (C=O) groups is 1. The lowest BCUT2D eigenvalue weighted by Crippen LogP contribution is -2.28. The molecule has 0 unspecified atom stereocenters. The second kappa shape index (κ2) is 7.32. The Kier molecular flexibility index (Phi) is 5.44. The van der Waals surface area contributed by atoms with Gasteiger partial charge in [-0.15, -0.1) is 11.3 Å². The summed E-state index contributed by atoms with van der Waals surface area (Å²) < 4.78 is 0. The molecule has 0 aromatic carbocycles. The number of aliphatic hydroxyl groups excluding tert-OH is 1. The Morgan fingerprint density at radius 3 is 2.95 bits per heavy atom. The van der Waals surface area contributed by atoms with E-state index >= 15 is 0 Å². The van der Waals surface area contributed by atoms with Crippen molar-refractivity contribution in [2.24, 2.45) is 5.92 Å². The van der Waals surface area contributed by atoms with E-state index in [4.69, 9.17) is 5.11 Å². The van der Waals surface area contributed by atoms with Crippen LogP contribution < -0.4 is 5.32 Å². The van der Waals surface area contributed by atoms with Crippen LogP contribution in [0.15, 0.2) is 12.1 Å². The summed E-state index contributed by atoms with van der Waals surface area (Å²) in [7, 11) is 0. The van der Waals surface area contributed by atoms with Crippen LogP contribution in [0, 0.1) is 17.8 Å². The molecule has 1 saturated carbocycles. The highest BCUT2D eigenvalue weighted by Crippen LogP contribution is 2.25. The van der Waals surface area contributed by atoms with Gasteiger partial charge in [-0.3, -0.25) is 4.79 Å². The lowest BCUT2D eigenvalue weighted by Gasteiger charge is -2.08. The summed E-state index contributed by atoms with van der Waals surface area (Å²) in [6.45, 7) is 0.699. The standard InChI is InChI=1S/C15H19NO2S/c17-10-4-3-7-13-8-9-14(19-13)11-16-15(18)12-5-1-2-6-12/h8-9,12,17H,1-2,4-6,10-11H2,(H,16,18). The molecule has 1 aliphatic rings. The Morgan fingerprint density at radius 1 is 1.42 bits per heavy atom. The van der Waals surface area contributed by atoms with Crippen LogP contribution in [0.3, 0.4) is 0 Å². The topological polar surface area (TPSA) is 49.3 Å². The Morgan fingerprint density at radius 2 is 2.21 bits per heavy atom. The predicted molar refractivity (Wildman–Crippen MR) is 76.7 cm³/mol. The quantitative estimate of drug-likeness (QED) is 0.830. The fraction of sp³-hybridized carbons (Fsp3) is 0.533. The number of carbonyl (C=O) groups excluding carboxylic acids is 1. The Labute approximate surface area is 118 Å². The number of aliphatic hydroxyl groups is 1. The SMILES string of the molecule is O=C(NCc1ccc(C#CCCO)s1)C1CCCC1. The second-order valence-corrected chi connectivity index (χ2v) is 5.91. The summed E-state index contributed by atoms with van der Waals surface area (Å²) in [5.74, 6) is 6.32. The average molecular weight is 277 g/mol. The van der Waals surface area contributed by atoms with Crippen LogP contribution in [0.25, 0.3) is 0 Å². The van der Waals surface area contributed by atoms with Gasteiger partial charge in [-0.05, 0) is 25.0 Å². The van der Waals surface area contributed by atoms with Gasteiger partial charge in [-0.25, -0.2) is 0 Å². The minimum atomic E-state index is 0.0999. The van der Waals surface area contributed by atoms with Crippen molar-refractivity contribution in [2.75, 3.05) is 6.61 Å². The summed E-state index contributed by atoms with van der Waals surface area (Å²) in [5.41, 5.74) is 0. The predicted octanol–water partition coefficient (Wildman–Crippen LogP) is 2.29. The number of rotatable bonds is 4. The number of nitrogens with one attached hydrogen (secondary N) is 1. The second-order valence-electron chi connectivity index (χ2n) is 4.74. The molecule has 0 radical (unpaired) electrons. The van der Waals surface area contributed by atoms with Gasteiger partial charge in [0, 0.05) is 17.2 Å². The van der Waals surface area contributed by atoms with Gasteiger partial charge in [0.2, 0.25) is 5.91 Å². The van der Waals surface area contributed by atoms with E-state index in [1.165, 1.54) is 12.8 Å². The van der Waals surface area contributed by atoms with Crippen LogP contribution in [0.2, 0.25) is 0 Å². The molecule has 2 N–H and O–H groups in total. The Hall–Kier alpha value is -1.31. The minimum absolute atomic E-state index is 0.0999. The highest BCUT2D eigenvalue weighted by molar-refractivity contribution is 7.12. The first kappa shape index (κ1) is 14.1.